The van der Waals surface area contributed by atoms with Gasteiger partial charge in [0.25, 0.3) is 0 Å². The summed E-state index contributed by atoms with van der Waals surface area (Å²) in [5, 5.41) is 3.23. The second kappa shape index (κ2) is 7.60. The van der Waals surface area contributed by atoms with Gasteiger partial charge in [-0.15, -0.1) is 6.42 Å². The minimum atomic E-state index is -3.55. The largest absolute Gasteiger partial charge is 0.313 e. The highest BCUT2D eigenvalue weighted by Gasteiger charge is 2.25. The van der Waals surface area contributed by atoms with Crippen LogP contribution < -0.4 is 5.32 Å². The molecule has 0 saturated heterocycles. The molecule has 0 aliphatic carbocycles. The molecule has 0 spiro atoms. The van der Waals surface area contributed by atoms with Crippen molar-refractivity contribution in [2.24, 2.45) is 0 Å². The van der Waals surface area contributed by atoms with Gasteiger partial charge in [0.1, 0.15) is 0 Å². The van der Waals surface area contributed by atoms with Crippen LogP contribution >= 0.6 is 0 Å². The van der Waals surface area contributed by atoms with E-state index in [2.05, 4.69) is 11.2 Å². The van der Waals surface area contributed by atoms with Crippen LogP contribution in [0.5, 0.6) is 0 Å². The fraction of sp³-hybridized carbons (Fsp3) is 0.500. The second-order valence-corrected chi connectivity index (χ2v) is 6.87. The lowest BCUT2D eigenvalue weighted by Crippen LogP contribution is -2.32. The average Bonchev–Trinajstić information content (AvgIpc) is 2.43. The van der Waals surface area contributed by atoms with Crippen molar-refractivity contribution in [3.05, 3.63) is 28.8 Å². The number of sulfonamides is 1. The predicted molar refractivity (Wildman–Crippen MR) is 86.6 cm³/mol. The first-order valence-electron chi connectivity index (χ1n) is 7.12. The fourth-order valence-electron chi connectivity index (χ4n) is 2.21. The quantitative estimate of drug-likeness (QED) is 0.784. The van der Waals surface area contributed by atoms with E-state index in [1.54, 1.807) is 13.0 Å². The summed E-state index contributed by atoms with van der Waals surface area (Å²) in [7, 11) is -3.55. The highest BCUT2D eigenvalue weighted by atomic mass is 32.2. The van der Waals surface area contributed by atoms with Crippen LogP contribution in [0.4, 0.5) is 0 Å². The van der Waals surface area contributed by atoms with Gasteiger partial charge in [-0.3, -0.25) is 0 Å². The van der Waals surface area contributed by atoms with E-state index in [1.807, 2.05) is 26.8 Å². The first-order chi connectivity index (χ1) is 9.88. The summed E-state index contributed by atoms with van der Waals surface area (Å²) >= 11 is 0. The van der Waals surface area contributed by atoms with Gasteiger partial charge in [-0.05, 0) is 43.1 Å². The summed E-state index contributed by atoms with van der Waals surface area (Å²) in [6.07, 6.45) is 5.27. The van der Waals surface area contributed by atoms with E-state index in [9.17, 15) is 8.42 Å². The first kappa shape index (κ1) is 17.7. The van der Waals surface area contributed by atoms with Crippen molar-refractivity contribution < 1.29 is 8.42 Å². The van der Waals surface area contributed by atoms with Gasteiger partial charge in [0, 0.05) is 13.1 Å². The summed E-state index contributed by atoms with van der Waals surface area (Å²) in [5.74, 6) is 2.41. The number of benzene rings is 1. The Bertz CT molecular complexity index is 630. The maximum absolute atomic E-state index is 12.7. The molecule has 0 saturated carbocycles. The van der Waals surface area contributed by atoms with Crippen molar-refractivity contribution in [3.8, 4) is 12.3 Å². The Labute approximate surface area is 128 Å². The number of rotatable bonds is 7. The minimum Gasteiger partial charge on any atom is -0.313 e. The average molecular weight is 308 g/mol. The number of hydrogen-bond acceptors (Lipinski definition) is 3. The molecule has 0 aromatic heterocycles. The van der Waals surface area contributed by atoms with Gasteiger partial charge in [0.05, 0.1) is 11.4 Å². The van der Waals surface area contributed by atoms with Crippen molar-refractivity contribution in [1.82, 2.24) is 9.62 Å². The molecular formula is C16H24N2O2S. The van der Waals surface area contributed by atoms with Crippen LogP contribution in [-0.2, 0) is 16.6 Å². The summed E-state index contributed by atoms with van der Waals surface area (Å²) in [6, 6.07) is 3.69. The lowest BCUT2D eigenvalue weighted by molar-refractivity contribution is 0.463. The van der Waals surface area contributed by atoms with Crippen LogP contribution in [0, 0.1) is 26.2 Å². The summed E-state index contributed by atoms with van der Waals surface area (Å²) in [4.78, 5) is 0.345. The molecule has 1 aromatic carbocycles. The summed E-state index contributed by atoms with van der Waals surface area (Å²) < 4.78 is 26.8. The van der Waals surface area contributed by atoms with E-state index in [-0.39, 0.29) is 6.54 Å². The zero-order chi connectivity index (χ0) is 16.0. The lowest BCUT2D eigenvalue weighted by atomic mass is 10.1. The minimum absolute atomic E-state index is 0.0920. The fourth-order valence-corrected chi connectivity index (χ4v) is 3.83. The third-order valence-electron chi connectivity index (χ3n) is 3.44. The second-order valence-electron chi connectivity index (χ2n) is 4.96. The van der Waals surface area contributed by atoms with E-state index in [4.69, 9.17) is 6.42 Å². The summed E-state index contributed by atoms with van der Waals surface area (Å²) in [6.45, 7) is 9.58. The van der Waals surface area contributed by atoms with Gasteiger partial charge in [-0.2, -0.15) is 4.31 Å². The van der Waals surface area contributed by atoms with Gasteiger partial charge in [-0.1, -0.05) is 25.8 Å². The number of hydrogen-bond donors (Lipinski definition) is 1. The van der Waals surface area contributed by atoms with Crippen molar-refractivity contribution >= 4 is 10.0 Å². The van der Waals surface area contributed by atoms with Crippen molar-refractivity contribution in [3.63, 3.8) is 0 Å². The predicted octanol–water partition coefficient (Wildman–Crippen LogP) is 2.06. The van der Waals surface area contributed by atoms with Crippen LogP contribution in [0.2, 0.25) is 0 Å². The van der Waals surface area contributed by atoms with Crippen LogP contribution in [0.15, 0.2) is 17.0 Å². The molecule has 0 radical (unpaired) electrons. The Hall–Kier alpha value is -1.35. The van der Waals surface area contributed by atoms with E-state index in [0.29, 0.717) is 18.0 Å². The van der Waals surface area contributed by atoms with Gasteiger partial charge in [0.15, 0.2) is 0 Å². The molecule has 116 valence electrons. The molecule has 0 aliphatic heterocycles. The molecule has 0 atom stereocenters. The topological polar surface area (TPSA) is 49.4 Å². The Kier molecular flexibility index (Phi) is 6.41. The standard InChI is InChI=1S/C16H24N2O2S/c1-6-9-18(8-3)21(19,20)16-11-15(12-17-7-2)13(4)10-14(16)5/h1,10-11,17H,7-9,12H2,2-5H3. The number of nitrogens with one attached hydrogen (secondary N) is 1. The monoisotopic (exact) mass is 308 g/mol. The highest BCUT2D eigenvalue weighted by molar-refractivity contribution is 7.89. The van der Waals surface area contributed by atoms with Crippen LogP contribution in [0.25, 0.3) is 0 Å². The van der Waals surface area contributed by atoms with Gasteiger partial charge < -0.3 is 5.32 Å². The maximum Gasteiger partial charge on any atom is 0.244 e. The Balaban J connectivity index is 3.31. The SMILES string of the molecule is C#CCN(CC)S(=O)(=O)c1cc(CNCC)c(C)cc1C. The smallest absolute Gasteiger partial charge is 0.244 e. The molecule has 1 N–H and O–H groups in total. The highest BCUT2D eigenvalue weighted by Crippen LogP contribution is 2.23. The number of terminal acetylenes is 1. The molecule has 5 heteroatoms. The molecule has 1 rings (SSSR count). The maximum atomic E-state index is 12.7. The molecule has 0 bridgehead atoms. The van der Waals surface area contributed by atoms with Gasteiger partial charge in [0.2, 0.25) is 10.0 Å². The van der Waals surface area contributed by atoms with Crippen LogP contribution in [-0.4, -0.2) is 32.4 Å². The molecule has 0 amide bonds. The van der Waals surface area contributed by atoms with Gasteiger partial charge >= 0.3 is 0 Å². The van der Waals surface area contributed by atoms with Crippen molar-refractivity contribution in [1.29, 1.82) is 0 Å². The molecule has 0 fully saturated rings. The van der Waals surface area contributed by atoms with Crippen molar-refractivity contribution in [2.75, 3.05) is 19.6 Å². The van der Waals surface area contributed by atoms with Crippen LogP contribution in [0.3, 0.4) is 0 Å². The molecular weight excluding hydrogens is 284 g/mol. The third kappa shape index (κ3) is 4.07. The Morgan fingerprint density at radius 1 is 1.24 bits per heavy atom. The molecule has 21 heavy (non-hydrogen) atoms. The number of nitrogens with zero attached hydrogens (tertiary/aromatic N) is 1. The van der Waals surface area contributed by atoms with E-state index in [1.165, 1.54) is 4.31 Å². The van der Waals surface area contributed by atoms with Crippen LogP contribution in [0.1, 0.15) is 30.5 Å². The molecule has 0 heterocycles. The van der Waals surface area contributed by atoms with E-state index in [0.717, 1.165) is 23.2 Å². The molecule has 0 aliphatic rings. The first-order valence-corrected chi connectivity index (χ1v) is 8.56. The lowest BCUT2D eigenvalue weighted by Gasteiger charge is -2.20. The van der Waals surface area contributed by atoms with E-state index < -0.39 is 10.0 Å². The summed E-state index contributed by atoms with van der Waals surface area (Å²) in [5.41, 5.74) is 2.84. The van der Waals surface area contributed by atoms with Crippen molar-refractivity contribution in [2.45, 2.75) is 39.1 Å². The Morgan fingerprint density at radius 2 is 1.90 bits per heavy atom. The third-order valence-corrected chi connectivity index (χ3v) is 5.50. The Morgan fingerprint density at radius 3 is 2.43 bits per heavy atom. The van der Waals surface area contributed by atoms with Gasteiger partial charge in [-0.25, -0.2) is 8.42 Å². The zero-order valence-corrected chi connectivity index (χ0v) is 14.0. The zero-order valence-electron chi connectivity index (χ0n) is 13.2. The normalized spacial score (nSPS) is 11.6. The molecule has 4 nitrogen and oxygen atoms in total. The van der Waals surface area contributed by atoms with E-state index >= 15 is 0 Å². The molecule has 1 aromatic rings. The molecule has 0 unspecified atom stereocenters. The number of aryl methyl sites for hydroxylation is 2.